The Balaban J connectivity index is 2.20. The molecule has 2 heterocycles. The summed E-state index contributed by atoms with van der Waals surface area (Å²) < 4.78 is 5.27. The number of aromatic nitrogens is 1. The van der Waals surface area contributed by atoms with Gasteiger partial charge in [-0.1, -0.05) is 0 Å². The summed E-state index contributed by atoms with van der Waals surface area (Å²) in [5.41, 5.74) is 0. The van der Waals surface area contributed by atoms with Gasteiger partial charge in [0.15, 0.2) is 11.6 Å². The zero-order chi connectivity index (χ0) is 9.80. The van der Waals surface area contributed by atoms with Crippen LogP contribution >= 0.6 is 0 Å². The van der Waals surface area contributed by atoms with Gasteiger partial charge in [0.2, 0.25) is 0 Å². The molecule has 0 aromatic carbocycles. The first-order valence-corrected chi connectivity index (χ1v) is 4.86. The highest BCUT2D eigenvalue weighted by atomic mass is 16.5. The quantitative estimate of drug-likeness (QED) is 0.742. The molecule has 1 aromatic rings. The van der Waals surface area contributed by atoms with Gasteiger partial charge >= 0.3 is 0 Å². The Labute approximate surface area is 83.9 Å². The van der Waals surface area contributed by atoms with Gasteiger partial charge in [-0.15, -0.1) is 0 Å². The summed E-state index contributed by atoms with van der Waals surface area (Å²) in [6, 6.07) is 3.84. The number of nitrogens with zero attached hydrogens (tertiary/aromatic N) is 2. The fraction of sp³-hybridized carbons (Fsp3) is 0.500. The first-order chi connectivity index (χ1) is 6.92. The third kappa shape index (κ3) is 1.80. The standard InChI is InChI=1S/C10H15N3O/c1-14-9-3-2-4-12-10(9)13-7-5-11-6-8-13/h2-4,11H,5-8H2,1H3. The second-order valence-corrected chi connectivity index (χ2v) is 3.27. The van der Waals surface area contributed by atoms with Gasteiger partial charge in [0.1, 0.15) is 0 Å². The molecule has 0 bridgehead atoms. The van der Waals surface area contributed by atoms with Crippen LogP contribution in [-0.2, 0) is 0 Å². The second kappa shape index (κ2) is 4.28. The zero-order valence-corrected chi connectivity index (χ0v) is 8.36. The van der Waals surface area contributed by atoms with E-state index in [9.17, 15) is 0 Å². The van der Waals surface area contributed by atoms with Crippen molar-refractivity contribution in [2.45, 2.75) is 0 Å². The molecule has 76 valence electrons. The third-order valence-corrected chi connectivity index (χ3v) is 2.39. The van der Waals surface area contributed by atoms with Crippen LogP contribution < -0.4 is 15.0 Å². The molecule has 0 unspecified atom stereocenters. The zero-order valence-electron chi connectivity index (χ0n) is 8.36. The topological polar surface area (TPSA) is 37.4 Å². The largest absolute Gasteiger partial charge is 0.493 e. The highest BCUT2D eigenvalue weighted by molar-refractivity contribution is 5.52. The van der Waals surface area contributed by atoms with Crippen molar-refractivity contribution < 1.29 is 4.74 Å². The molecule has 4 heteroatoms. The number of rotatable bonds is 2. The van der Waals surface area contributed by atoms with Crippen LogP contribution in [0.2, 0.25) is 0 Å². The van der Waals surface area contributed by atoms with Crippen molar-refractivity contribution in [3.8, 4) is 5.75 Å². The lowest BCUT2D eigenvalue weighted by atomic mass is 10.3. The van der Waals surface area contributed by atoms with Crippen LogP contribution in [0.5, 0.6) is 5.75 Å². The van der Waals surface area contributed by atoms with Gasteiger partial charge in [0, 0.05) is 32.4 Å². The van der Waals surface area contributed by atoms with Crippen LogP contribution in [0.4, 0.5) is 5.82 Å². The third-order valence-electron chi connectivity index (χ3n) is 2.39. The Morgan fingerprint density at radius 3 is 2.93 bits per heavy atom. The van der Waals surface area contributed by atoms with Crippen LogP contribution in [0.25, 0.3) is 0 Å². The molecule has 0 spiro atoms. The summed E-state index contributed by atoms with van der Waals surface area (Å²) >= 11 is 0. The van der Waals surface area contributed by atoms with E-state index in [1.807, 2.05) is 12.1 Å². The number of hydrogen-bond donors (Lipinski definition) is 1. The molecule has 0 radical (unpaired) electrons. The molecule has 1 aliphatic rings. The summed E-state index contributed by atoms with van der Waals surface area (Å²) in [6.45, 7) is 4.01. The maximum Gasteiger partial charge on any atom is 0.171 e. The molecule has 1 saturated heterocycles. The summed E-state index contributed by atoms with van der Waals surface area (Å²) in [4.78, 5) is 6.59. The molecule has 0 saturated carbocycles. The maximum atomic E-state index is 5.27. The Morgan fingerprint density at radius 2 is 2.21 bits per heavy atom. The van der Waals surface area contributed by atoms with Crippen LogP contribution in [0.3, 0.4) is 0 Å². The van der Waals surface area contributed by atoms with E-state index in [0.29, 0.717) is 0 Å². The van der Waals surface area contributed by atoms with Crippen LogP contribution in [-0.4, -0.2) is 38.3 Å². The number of pyridine rings is 1. The molecule has 1 fully saturated rings. The first-order valence-electron chi connectivity index (χ1n) is 4.86. The minimum Gasteiger partial charge on any atom is -0.493 e. The second-order valence-electron chi connectivity index (χ2n) is 3.27. The fourth-order valence-corrected chi connectivity index (χ4v) is 1.66. The van der Waals surface area contributed by atoms with Crippen molar-refractivity contribution in [1.82, 2.24) is 10.3 Å². The molecule has 0 aliphatic carbocycles. The van der Waals surface area contributed by atoms with E-state index in [-0.39, 0.29) is 0 Å². The van der Waals surface area contributed by atoms with E-state index in [0.717, 1.165) is 37.7 Å². The predicted molar refractivity (Wildman–Crippen MR) is 55.9 cm³/mol. The molecular weight excluding hydrogens is 178 g/mol. The minimum atomic E-state index is 0.856. The number of nitrogens with one attached hydrogen (secondary N) is 1. The lowest BCUT2D eigenvalue weighted by Gasteiger charge is -2.29. The van der Waals surface area contributed by atoms with Crippen molar-refractivity contribution in [3.05, 3.63) is 18.3 Å². The van der Waals surface area contributed by atoms with Crippen LogP contribution in [0, 0.1) is 0 Å². The summed E-state index contributed by atoms with van der Waals surface area (Å²) in [6.07, 6.45) is 1.81. The molecule has 14 heavy (non-hydrogen) atoms. The molecule has 1 aromatic heterocycles. The highest BCUT2D eigenvalue weighted by Gasteiger charge is 2.14. The van der Waals surface area contributed by atoms with Crippen molar-refractivity contribution in [3.63, 3.8) is 0 Å². The van der Waals surface area contributed by atoms with Crippen LogP contribution in [0.1, 0.15) is 0 Å². The minimum absolute atomic E-state index is 0.856. The Bertz CT molecular complexity index is 297. The van der Waals surface area contributed by atoms with E-state index < -0.39 is 0 Å². The fourth-order valence-electron chi connectivity index (χ4n) is 1.66. The van der Waals surface area contributed by atoms with Crippen molar-refractivity contribution in [2.24, 2.45) is 0 Å². The first kappa shape index (κ1) is 9.27. The number of piperazine rings is 1. The Hall–Kier alpha value is -1.29. The molecule has 0 amide bonds. The molecular formula is C10H15N3O. The van der Waals surface area contributed by atoms with Gasteiger partial charge in [0.05, 0.1) is 7.11 Å². The average molecular weight is 193 g/mol. The van der Waals surface area contributed by atoms with Gasteiger partial charge in [-0.05, 0) is 12.1 Å². The van der Waals surface area contributed by atoms with Crippen LogP contribution in [0.15, 0.2) is 18.3 Å². The molecule has 4 nitrogen and oxygen atoms in total. The SMILES string of the molecule is COc1cccnc1N1CCNCC1. The van der Waals surface area contributed by atoms with E-state index >= 15 is 0 Å². The smallest absolute Gasteiger partial charge is 0.171 e. The predicted octanol–water partition coefficient (Wildman–Crippen LogP) is 0.500. The number of ether oxygens (including phenoxy) is 1. The molecule has 1 N–H and O–H groups in total. The van der Waals surface area contributed by atoms with Gasteiger partial charge in [-0.2, -0.15) is 0 Å². The summed E-state index contributed by atoms with van der Waals surface area (Å²) in [5.74, 6) is 1.81. The summed E-state index contributed by atoms with van der Waals surface area (Å²) in [5, 5.41) is 3.31. The van der Waals surface area contributed by atoms with Gasteiger partial charge in [0.25, 0.3) is 0 Å². The Kier molecular flexibility index (Phi) is 2.84. The normalized spacial score (nSPS) is 16.8. The van der Waals surface area contributed by atoms with Crippen molar-refractivity contribution >= 4 is 5.82 Å². The molecule has 0 atom stereocenters. The van der Waals surface area contributed by atoms with E-state index in [4.69, 9.17) is 4.74 Å². The molecule has 1 aliphatic heterocycles. The Morgan fingerprint density at radius 1 is 1.43 bits per heavy atom. The van der Waals surface area contributed by atoms with Gasteiger partial charge in [-0.3, -0.25) is 0 Å². The number of methoxy groups -OCH3 is 1. The van der Waals surface area contributed by atoms with Gasteiger partial charge in [-0.25, -0.2) is 4.98 Å². The van der Waals surface area contributed by atoms with E-state index in [1.54, 1.807) is 13.3 Å². The lowest BCUT2D eigenvalue weighted by Crippen LogP contribution is -2.44. The monoisotopic (exact) mass is 193 g/mol. The van der Waals surface area contributed by atoms with E-state index in [1.165, 1.54) is 0 Å². The van der Waals surface area contributed by atoms with Crippen molar-refractivity contribution in [2.75, 3.05) is 38.2 Å². The number of hydrogen-bond acceptors (Lipinski definition) is 4. The summed E-state index contributed by atoms with van der Waals surface area (Å²) in [7, 11) is 1.68. The lowest BCUT2D eigenvalue weighted by molar-refractivity contribution is 0.411. The maximum absolute atomic E-state index is 5.27. The average Bonchev–Trinajstić information content (AvgIpc) is 2.30. The molecule has 2 rings (SSSR count). The van der Waals surface area contributed by atoms with E-state index in [2.05, 4.69) is 15.2 Å². The van der Waals surface area contributed by atoms with Crippen molar-refractivity contribution in [1.29, 1.82) is 0 Å². The number of anilines is 1. The highest BCUT2D eigenvalue weighted by Crippen LogP contribution is 2.24. The van der Waals surface area contributed by atoms with Gasteiger partial charge < -0.3 is 15.0 Å².